The molecule has 3 aromatic carbocycles. The number of aromatic nitrogens is 2. The zero-order valence-electron chi connectivity index (χ0n) is 22.7. The Kier molecular flexibility index (Phi) is 12.3. The minimum Gasteiger partial charge on any atom is -0.545 e. The van der Waals surface area contributed by atoms with Crippen molar-refractivity contribution in [1.29, 1.82) is 0 Å². The molecule has 45 heavy (non-hydrogen) atoms. The van der Waals surface area contributed by atoms with Gasteiger partial charge in [-0.3, -0.25) is 9.97 Å². The molecule has 0 saturated carbocycles. The summed E-state index contributed by atoms with van der Waals surface area (Å²) in [4.78, 5) is 71.8. The Balaban J connectivity index is 0.000000232. The van der Waals surface area contributed by atoms with Crippen molar-refractivity contribution in [3.63, 3.8) is 0 Å². The predicted octanol–water partition coefficient (Wildman–Crippen LogP) is 1.67. The van der Waals surface area contributed by atoms with Crippen LogP contribution in [0.4, 0.5) is 0 Å². The summed E-state index contributed by atoms with van der Waals surface area (Å²) in [6, 6.07) is 17.2. The number of carboxylic acids is 6. The van der Waals surface area contributed by atoms with E-state index in [0.29, 0.717) is 0 Å². The van der Waals surface area contributed by atoms with Gasteiger partial charge >= 0.3 is 51.2 Å². The summed E-state index contributed by atoms with van der Waals surface area (Å²) in [5.41, 5.74) is -0.637. The van der Waals surface area contributed by atoms with Gasteiger partial charge in [-0.15, -0.1) is 0 Å². The van der Waals surface area contributed by atoms with Crippen LogP contribution in [0.25, 0.3) is 21.8 Å². The van der Waals surface area contributed by atoms with Gasteiger partial charge in [0.05, 0.1) is 45.2 Å². The third kappa shape index (κ3) is 9.35. The third-order valence-electron chi connectivity index (χ3n) is 5.67. The summed E-state index contributed by atoms with van der Waals surface area (Å²) in [5.74, 6) is -8.86. The van der Waals surface area contributed by atoms with E-state index in [1.165, 1.54) is 0 Å². The summed E-state index contributed by atoms with van der Waals surface area (Å²) in [5, 5.41) is 57.5. The molecule has 2 heterocycles. The molecule has 5 aromatic rings. The molecule has 0 aliphatic carbocycles. The molecule has 0 amide bonds. The first-order chi connectivity index (χ1) is 20.8. The van der Waals surface area contributed by atoms with Crippen LogP contribution in [0, 0.1) is 0 Å². The van der Waals surface area contributed by atoms with E-state index in [1.54, 1.807) is 12.4 Å². The molecule has 0 spiro atoms. The number of nitrogens with zero attached hydrogens (tertiary/aromatic N) is 2. The molecule has 2 aromatic heterocycles. The zero-order chi connectivity index (χ0) is 32.6. The maximum absolute atomic E-state index is 10.5. The van der Waals surface area contributed by atoms with Crippen LogP contribution in [0.1, 0.15) is 62.1 Å². The Morgan fingerprint density at radius 3 is 0.978 bits per heavy atom. The number of carbonyl (C=O) groups is 6. The van der Waals surface area contributed by atoms with E-state index >= 15 is 0 Å². The molecule has 0 atom stereocenters. The van der Waals surface area contributed by atoms with Crippen LogP contribution in [-0.2, 0) is 27.3 Å². The molecule has 5 rings (SSSR count). The van der Waals surface area contributed by atoms with Crippen molar-refractivity contribution in [3.05, 3.63) is 119 Å². The van der Waals surface area contributed by atoms with Gasteiger partial charge in [-0.05, 0) is 59.7 Å². The molecule has 0 bridgehead atoms. The van der Waals surface area contributed by atoms with E-state index in [9.17, 15) is 39.0 Å². The summed E-state index contributed by atoms with van der Waals surface area (Å²) in [6.07, 6.45) is 3.60. The van der Waals surface area contributed by atoms with Crippen molar-refractivity contribution in [3.8, 4) is 0 Å². The largest absolute Gasteiger partial charge is 2.00 e. The van der Waals surface area contributed by atoms with E-state index < -0.39 is 69.2 Å². The number of fused-ring (bicyclic) bond motifs is 3. The number of aromatic carboxylic acids is 6. The van der Waals surface area contributed by atoms with Gasteiger partial charge in [0.2, 0.25) is 0 Å². The van der Waals surface area contributed by atoms with E-state index in [1.807, 2.05) is 12.1 Å². The van der Waals surface area contributed by atoms with Gasteiger partial charge < -0.3 is 40.2 Å². The standard InChI is InChI=1S/C12H8N2.2C9H6O6.Cd/c1-3-9-5-6-10-4-2-8-14-12(10)11(9)13-7-1;2*10-7(11)4-1-5(8(12)13)3-6(2-4)9(14)15;/h1-8H;2*1-3H,(H,10,11)(H,12,13)(H,14,15);/q;;;+2/p-2. The van der Waals surface area contributed by atoms with Crippen molar-refractivity contribution < 1.29 is 86.7 Å². The average Bonchev–Trinajstić information content (AvgIpc) is 3.01. The molecular formula is C30H18CdN2O12. The summed E-state index contributed by atoms with van der Waals surface area (Å²) in [6.45, 7) is 0. The van der Waals surface area contributed by atoms with Gasteiger partial charge in [0, 0.05) is 23.2 Å². The van der Waals surface area contributed by atoms with Crippen LogP contribution in [0.2, 0.25) is 0 Å². The molecular weight excluding hydrogens is 693 g/mol. The topological polar surface area (TPSA) is 255 Å². The number of carboxylic acid groups (broad SMARTS) is 6. The van der Waals surface area contributed by atoms with E-state index in [-0.39, 0.29) is 27.3 Å². The molecule has 0 aliphatic rings. The number of rotatable bonds is 6. The molecule has 0 unspecified atom stereocenters. The quantitative estimate of drug-likeness (QED) is 0.144. The van der Waals surface area contributed by atoms with Gasteiger partial charge in [0.15, 0.2) is 0 Å². The predicted molar refractivity (Wildman–Crippen MR) is 146 cm³/mol. The molecule has 222 valence electrons. The Morgan fingerprint density at radius 2 is 0.733 bits per heavy atom. The van der Waals surface area contributed by atoms with Crippen LogP contribution in [-0.4, -0.2) is 66.2 Å². The van der Waals surface area contributed by atoms with E-state index in [0.717, 1.165) is 58.2 Å². The molecule has 0 fully saturated rings. The summed E-state index contributed by atoms with van der Waals surface area (Å²) in [7, 11) is 0. The Morgan fingerprint density at radius 1 is 0.467 bits per heavy atom. The SMILES string of the molecule is O=C([O-])c1cc(C(=O)O)cc(C(=O)O)c1.O=C([O-])c1cc(C(=O)O)cc(C(=O)O)c1.[Cd+2].c1cnc2c(c1)ccc1cccnc12. The minimum absolute atomic E-state index is 0. The number of pyridine rings is 2. The Hall–Kier alpha value is -5.78. The second-order valence-electron chi connectivity index (χ2n) is 8.61. The van der Waals surface area contributed by atoms with Crippen LogP contribution in [0.15, 0.2) is 85.2 Å². The maximum Gasteiger partial charge on any atom is 2.00 e. The second-order valence-corrected chi connectivity index (χ2v) is 8.61. The molecule has 0 radical (unpaired) electrons. The average molecular weight is 711 g/mol. The van der Waals surface area contributed by atoms with Crippen LogP contribution in [0.5, 0.6) is 0 Å². The fourth-order valence-corrected chi connectivity index (χ4v) is 3.66. The van der Waals surface area contributed by atoms with Crippen molar-refractivity contribution in [1.82, 2.24) is 9.97 Å². The Labute approximate surface area is 272 Å². The molecule has 0 aliphatic heterocycles. The van der Waals surface area contributed by atoms with Crippen LogP contribution >= 0.6 is 0 Å². The van der Waals surface area contributed by atoms with Gasteiger partial charge in [0.1, 0.15) is 0 Å². The van der Waals surface area contributed by atoms with Crippen LogP contribution in [0.3, 0.4) is 0 Å². The first kappa shape index (κ1) is 35.4. The maximum atomic E-state index is 10.5. The number of carbonyl (C=O) groups excluding carboxylic acids is 2. The number of hydrogen-bond acceptors (Lipinski definition) is 10. The normalized spacial score (nSPS) is 9.78. The molecule has 15 heteroatoms. The number of hydrogen-bond donors (Lipinski definition) is 4. The van der Waals surface area contributed by atoms with E-state index in [2.05, 4.69) is 34.2 Å². The van der Waals surface area contributed by atoms with Gasteiger partial charge in [-0.1, -0.05) is 24.3 Å². The van der Waals surface area contributed by atoms with E-state index in [4.69, 9.17) is 20.4 Å². The van der Waals surface area contributed by atoms with Crippen molar-refractivity contribution in [2.45, 2.75) is 0 Å². The number of benzene rings is 3. The van der Waals surface area contributed by atoms with Gasteiger partial charge in [-0.2, -0.15) is 0 Å². The molecule has 0 saturated heterocycles. The Bertz CT molecular complexity index is 1660. The zero-order valence-corrected chi connectivity index (χ0v) is 26.8. The monoisotopic (exact) mass is 712 g/mol. The molecule has 4 N–H and O–H groups in total. The van der Waals surface area contributed by atoms with Gasteiger partial charge in [0.25, 0.3) is 0 Å². The second kappa shape index (κ2) is 15.6. The molecule has 14 nitrogen and oxygen atoms in total. The van der Waals surface area contributed by atoms with Crippen molar-refractivity contribution in [2.75, 3.05) is 0 Å². The van der Waals surface area contributed by atoms with Gasteiger partial charge in [-0.25, -0.2) is 19.2 Å². The van der Waals surface area contributed by atoms with Crippen LogP contribution < -0.4 is 10.2 Å². The first-order valence-electron chi connectivity index (χ1n) is 12.0. The first-order valence-corrected chi connectivity index (χ1v) is 12.0. The minimum atomic E-state index is -1.62. The fraction of sp³-hybridized carbons (Fsp3) is 0. The fourth-order valence-electron chi connectivity index (χ4n) is 3.66. The smallest absolute Gasteiger partial charge is 0.545 e. The van der Waals surface area contributed by atoms with Crippen molar-refractivity contribution >= 4 is 57.6 Å². The van der Waals surface area contributed by atoms with Crippen molar-refractivity contribution in [2.24, 2.45) is 0 Å². The summed E-state index contributed by atoms with van der Waals surface area (Å²) >= 11 is 0. The summed E-state index contributed by atoms with van der Waals surface area (Å²) < 4.78 is 0. The third-order valence-corrected chi connectivity index (χ3v) is 5.67.